The first kappa shape index (κ1) is 24.9. The van der Waals surface area contributed by atoms with Crippen LogP contribution < -0.4 is 19.5 Å². The molecule has 8 nitrogen and oxygen atoms in total. The van der Waals surface area contributed by atoms with Crippen LogP contribution in [-0.4, -0.2) is 53.0 Å². The molecule has 9 heteroatoms. The second kappa shape index (κ2) is 10.9. The van der Waals surface area contributed by atoms with E-state index in [0.29, 0.717) is 48.4 Å². The number of rotatable bonds is 9. The lowest BCUT2D eigenvalue weighted by Crippen LogP contribution is -2.39. The lowest BCUT2D eigenvalue weighted by molar-refractivity contribution is -0.116. The van der Waals surface area contributed by atoms with E-state index in [9.17, 15) is 13.2 Å². The predicted molar refractivity (Wildman–Crippen MR) is 127 cm³/mol. The molecule has 1 aliphatic rings. The maximum absolute atomic E-state index is 12.9. The van der Waals surface area contributed by atoms with Crippen LogP contribution in [-0.2, 0) is 21.2 Å². The summed E-state index contributed by atoms with van der Waals surface area (Å²) >= 11 is 0. The zero-order valence-corrected chi connectivity index (χ0v) is 20.4. The van der Waals surface area contributed by atoms with Crippen molar-refractivity contribution in [3.8, 4) is 17.2 Å². The van der Waals surface area contributed by atoms with Crippen molar-refractivity contribution in [1.29, 1.82) is 0 Å². The van der Waals surface area contributed by atoms with Crippen LogP contribution >= 0.6 is 0 Å². The largest absolute Gasteiger partial charge is 0.493 e. The minimum absolute atomic E-state index is 0.177. The van der Waals surface area contributed by atoms with Gasteiger partial charge in [-0.05, 0) is 67.1 Å². The summed E-state index contributed by atoms with van der Waals surface area (Å²) in [4.78, 5) is 12.7. The van der Waals surface area contributed by atoms with Crippen molar-refractivity contribution in [3.05, 3.63) is 42.0 Å². The second-order valence-corrected chi connectivity index (χ2v) is 10.2. The second-order valence-electron chi connectivity index (χ2n) is 8.22. The van der Waals surface area contributed by atoms with E-state index >= 15 is 0 Å². The Labute approximate surface area is 195 Å². The molecule has 0 radical (unpaired) electrons. The highest BCUT2D eigenvalue weighted by Crippen LogP contribution is 2.38. The molecule has 3 rings (SSSR count). The third-order valence-corrected chi connectivity index (χ3v) is 7.64. The molecule has 0 saturated carbocycles. The van der Waals surface area contributed by atoms with Crippen molar-refractivity contribution in [2.45, 2.75) is 37.5 Å². The van der Waals surface area contributed by atoms with E-state index in [1.807, 2.05) is 12.1 Å². The number of benzene rings is 2. The molecule has 0 spiro atoms. The minimum atomic E-state index is -3.52. The first-order valence-corrected chi connectivity index (χ1v) is 12.4. The van der Waals surface area contributed by atoms with Crippen LogP contribution in [0.3, 0.4) is 0 Å². The number of sulfonamides is 1. The van der Waals surface area contributed by atoms with E-state index in [0.717, 1.165) is 18.4 Å². The number of anilines is 1. The number of nitrogens with zero attached hydrogens (tertiary/aromatic N) is 1. The maximum Gasteiger partial charge on any atom is 0.243 e. The third-order valence-electron chi connectivity index (χ3n) is 5.76. The first-order chi connectivity index (χ1) is 15.8. The Bertz CT molecular complexity index is 1040. The summed E-state index contributed by atoms with van der Waals surface area (Å²) < 4.78 is 43.3. The molecule has 2 aromatic rings. The van der Waals surface area contributed by atoms with E-state index in [4.69, 9.17) is 14.2 Å². The lowest BCUT2D eigenvalue weighted by Gasteiger charge is -2.30. The number of piperidine rings is 1. The van der Waals surface area contributed by atoms with Crippen molar-refractivity contribution in [1.82, 2.24) is 4.31 Å². The van der Waals surface area contributed by atoms with Gasteiger partial charge in [0.05, 0.1) is 26.2 Å². The maximum atomic E-state index is 12.9. The molecule has 1 amide bonds. The Balaban J connectivity index is 1.61. The van der Waals surface area contributed by atoms with Gasteiger partial charge >= 0.3 is 0 Å². The molecule has 2 aromatic carbocycles. The molecule has 0 bridgehead atoms. The number of carbonyl (C=O) groups is 1. The van der Waals surface area contributed by atoms with E-state index in [1.165, 1.54) is 7.11 Å². The van der Waals surface area contributed by atoms with Gasteiger partial charge in [-0.15, -0.1) is 0 Å². The summed E-state index contributed by atoms with van der Waals surface area (Å²) in [6, 6.07) is 9.97. The molecule has 1 fully saturated rings. The number of hydrogen-bond acceptors (Lipinski definition) is 6. The molecular formula is C24H32N2O6S. The number of carbonyl (C=O) groups excluding carboxylic acids is 1. The zero-order chi connectivity index (χ0) is 24.0. The Morgan fingerprint density at radius 3 is 2.24 bits per heavy atom. The van der Waals surface area contributed by atoms with E-state index in [2.05, 4.69) is 12.2 Å². The van der Waals surface area contributed by atoms with Crippen LogP contribution in [0.2, 0.25) is 0 Å². The highest BCUT2D eigenvalue weighted by molar-refractivity contribution is 7.89. The highest BCUT2D eigenvalue weighted by atomic mass is 32.2. The fourth-order valence-electron chi connectivity index (χ4n) is 3.98. The van der Waals surface area contributed by atoms with Gasteiger partial charge in [-0.2, -0.15) is 4.31 Å². The number of hydrogen-bond donors (Lipinski definition) is 1. The average Bonchev–Trinajstić information content (AvgIpc) is 2.82. The fourth-order valence-corrected chi connectivity index (χ4v) is 5.58. The topological polar surface area (TPSA) is 94.2 Å². The SMILES string of the molecule is COc1cc(CCC(=O)Nc2ccc(S(=O)(=O)N3CCCC(C)C3)cc2)cc(OC)c1OC. The van der Waals surface area contributed by atoms with Crippen molar-refractivity contribution >= 4 is 21.6 Å². The summed E-state index contributed by atoms with van der Waals surface area (Å²) in [6.07, 6.45) is 2.64. The molecular weight excluding hydrogens is 444 g/mol. The van der Waals surface area contributed by atoms with Crippen molar-refractivity contribution in [2.75, 3.05) is 39.7 Å². The Morgan fingerprint density at radius 1 is 1.06 bits per heavy atom. The number of ether oxygens (including phenoxy) is 3. The Morgan fingerprint density at radius 2 is 1.70 bits per heavy atom. The van der Waals surface area contributed by atoms with E-state index < -0.39 is 10.0 Å². The monoisotopic (exact) mass is 476 g/mol. The number of amides is 1. The minimum Gasteiger partial charge on any atom is -0.493 e. The average molecular weight is 477 g/mol. The van der Waals surface area contributed by atoms with Crippen molar-refractivity contribution in [3.63, 3.8) is 0 Å². The summed E-state index contributed by atoms with van der Waals surface area (Å²) in [5, 5.41) is 2.82. The molecule has 1 heterocycles. The summed E-state index contributed by atoms with van der Waals surface area (Å²) in [5.74, 6) is 1.75. The van der Waals surface area contributed by atoms with Gasteiger partial charge < -0.3 is 19.5 Å². The molecule has 1 N–H and O–H groups in total. The van der Waals surface area contributed by atoms with Crippen molar-refractivity contribution in [2.24, 2.45) is 5.92 Å². The summed E-state index contributed by atoms with van der Waals surface area (Å²) in [7, 11) is 1.11. The summed E-state index contributed by atoms with van der Waals surface area (Å²) in [5.41, 5.74) is 1.42. The highest BCUT2D eigenvalue weighted by Gasteiger charge is 2.28. The zero-order valence-electron chi connectivity index (χ0n) is 19.6. The van der Waals surface area contributed by atoms with Gasteiger partial charge in [-0.3, -0.25) is 4.79 Å². The molecule has 0 aromatic heterocycles. The lowest BCUT2D eigenvalue weighted by atomic mass is 10.0. The van der Waals surface area contributed by atoms with E-state index in [-0.39, 0.29) is 17.2 Å². The smallest absolute Gasteiger partial charge is 0.243 e. The number of nitrogens with one attached hydrogen (secondary N) is 1. The predicted octanol–water partition coefficient (Wildman–Crippen LogP) is 3.70. The van der Waals surface area contributed by atoms with Gasteiger partial charge in [-0.1, -0.05) is 6.92 Å². The standard InChI is InChI=1S/C24H32N2O6S/c1-17-6-5-13-26(16-17)33(28,29)20-10-8-19(9-11-20)25-23(27)12-7-18-14-21(30-2)24(32-4)22(15-18)31-3/h8-11,14-15,17H,5-7,12-13,16H2,1-4H3,(H,25,27). The fraction of sp³-hybridized carbons (Fsp3) is 0.458. The van der Waals surface area contributed by atoms with Crippen LogP contribution in [0.25, 0.3) is 0 Å². The van der Waals surface area contributed by atoms with Crippen LogP contribution in [0.4, 0.5) is 5.69 Å². The normalized spacial score (nSPS) is 16.8. The molecule has 1 unspecified atom stereocenters. The van der Waals surface area contributed by atoms with Crippen LogP contribution in [0.5, 0.6) is 17.2 Å². The van der Waals surface area contributed by atoms with Gasteiger partial charge in [0.15, 0.2) is 11.5 Å². The molecule has 33 heavy (non-hydrogen) atoms. The van der Waals surface area contributed by atoms with Gasteiger partial charge in [0, 0.05) is 25.2 Å². The van der Waals surface area contributed by atoms with Gasteiger partial charge in [-0.25, -0.2) is 8.42 Å². The quantitative estimate of drug-likeness (QED) is 0.593. The summed E-state index contributed by atoms with van der Waals surface area (Å²) in [6.45, 7) is 3.16. The third kappa shape index (κ3) is 5.97. The van der Waals surface area contributed by atoms with E-state index in [1.54, 1.807) is 42.8 Å². The molecule has 1 saturated heterocycles. The Hall–Kier alpha value is -2.78. The van der Waals surface area contributed by atoms with Crippen LogP contribution in [0.15, 0.2) is 41.3 Å². The molecule has 1 aliphatic heterocycles. The van der Waals surface area contributed by atoms with Gasteiger partial charge in [0.1, 0.15) is 0 Å². The Kier molecular flexibility index (Phi) is 8.20. The van der Waals surface area contributed by atoms with Gasteiger partial charge in [0.25, 0.3) is 0 Å². The van der Waals surface area contributed by atoms with Gasteiger partial charge in [0.2, 0.25) is 21.7 Å². The van der Waals surface area contributed by atoms with Crippen LogP contribution in [0, 0.1) is 5.92 Å². The molecule has 0 aliphatic carbocycles. The van der Waals surface area contributed by atoms with Crippen LogP contribution in [0.1, 0.15) is 31.7 Å². The molecule has 1 atom stereocenters. The number of aryl methyl sites for hydroxylation is 1. The first-order valence-electron chi connectivity index (χ1n) is 11.0. The molecule has 180 valence electrons. The van der Waals surface area contributed by atoms with Crippen molar-refractivity contribution < 1.29 is 27.4 Å². The number of methoxy groups -OCH3 is 3.